The van der Waals surface area contributed by atoms with Crippen LogP contribution in [-0.4, -0.2) is 29.6 Å². The van der Waals surface area contributed by atoms with Crippen molar-refractivity contribution >= 4 is 29.2 Å². The van der Waals surface area contributed by atoms with Gasteiger partial charge in [0.1, 0.15) is 11.6 Å². The Morgan fingerprint density at radius 1 is 1.36 bits per heavy atom. The van der Waals surface area contributed by atoms with E-state index in [-0.39, 0.29) is 0 Å². The summed E-state index contributed by atoms with van der Waals surface area (Å²) in [5.74, 6) is 1.92. The molecule has 1 saturated heterocycles. The van der Waals surface area contributed by atoms with Gasteiger partial charge in [0.2, 0.25) is 5.95 Å². The zero-order chi connectivity index (χ0) is 15.5. The molecule has 0 amide bonds. The maximum atomic E-state index is 6.30. The van der Waals surface area contributed by atoms with Gasteiger partial charge in [-0.15, -0.1) is 0 Å². The number of aromatic nitrogens is 2. The van der Waals surface area contributed by atoms with Gasteiger partial charge in [0.05, 0.1) is 0 Å². The molecule has 0 bridgehead atoms. The number of nitrogens with zero attached hydrogens (tertiary/aromatic N) is 3. The van der Waals surface area contributed by atoms with Crippen LogP contribution >= 0.6 is 11.6 Å². The quantitative estimate of drug-likeness (QED) is 0.907. The molecule has 1 unspecified atom stereocenters. The zero-order valence-corrected chi connectivity index (χ0v) is 13.3. The SMILES string of the molecule is CNc1cc(N2CCCC2Cc2ccccc2Cl)nc(N)n1. The highest BCUT2D eigenvalue weighted by Gasteiger charge is 2.27. The maximum Gasteiger partial charge on any atom is 0.223 e. The topological polar surface area (TPSA) is 67.1 Å². The molecule has 1 fully saturated rings. The van der Waals surface area contributed by atoms with Gasteiger partial charge in [-0.2, -0.15) is 9.97 Å². The van der Waals surface area contributed by atoms with E-state index in [4.69, 9.17) is 17.3 Å². The molecule has 1 aliphatic rings. The lowest BCUT2D eigenvalue weighted by Gasteiger charge is -2.26. The number of hydrogen-bond acceptors (Lipinski definition) is 5. The molecule has 3 N–H and O–H groups in total. The molecule has 5 nitrogen and oxygen atoms in total. The first-order valence-corrected chi connectivity index (χ1v) is 7.87. The number of nitrogens with two attached hydrogens (primary N) is 1. The van der Waals surface area contributed by atoms with E-state index < -0.39 is 0 Å². The Labute approximate surface area is 135 Å². The fourth-order valence-corrected chi connectivity index (χ4v) is 3.21. The van der Waals surface area contributed by atoms with Gasteiger partial charge < -0.3 is 16.0 Å². The highest BCUT2D eigenvalue weighted by atomic mass is 35.5. The van der Waals surface area contributed by atoms with Gasteiger partial charge in [-0.25, -0.2) is 0 Å². The number of nitrogen functional groups attached to an aromatic ring is 1. The third-order valence-corrected chi connectivity index (χ3v) is 4.44. The summed E-state index contributed by atoms with van der Waals surface area (Å²) in [7, 11) is 1.83. The molecule has 1 aromatic carbocycles. The van der Waals surface area contributed by atoms with Crippen LogP contribution in [0.5, 0.6) is 0 Å². The lowest BCUT2D eigenvalue weighted by atomic mass is 10.0. The van der Waals surface area contributed by atoms with Crippen LogP contribution in [0, 0.1) is 0 Å². The van der Waals surface area contributed by atoms with Gasteiger partial charge in [0.25, 0.3) is 0 Å². The number of hydrogen-bond donors (Lipinski definition) is 2. The van der Waals surface area contributed by atoms with Crippen LogP contribution in [-0.2, 0) is 6.42 Å². The average Bonchev–Trinajstić information content (AvgIpc) is 2.97. The van der Waals surface area contributed by atoms with Crippen molar-refractivity contribution in [1.82, 2.24) is 9.97 Å². The molecule has 1 atom stereocenters. The van der Waals surface area contributed by atoms with Gasteiger partial charge in [-0.1, -0.05) is 29.8 Å². The van der Waals surface area contributed by atoms with Crippen molar-refractivity contribution in [3.63, 3.8) is 0 Å². The highest BCUT2D eigenvalue weighted by molar-refractivity contribution is 6.31. The van der Waals surface area contributed by atoms with Crippen LogP contribution in [0.15, 0.2) is 30.3 Å². The molecular formula is C16H20ClN5. The lowest BCUT2D eigenvalue weighted by molar-refractivity contribution is 0.658. The van der Waals surface area contributed by atoms with Crippen LogP contribution in [0.2, 0.25) is 5.02 Å². The molecule has 116 valence electrons. The predicted octanol–water partition coefficient (Wildman–Crippen LogP) is 2.97. The summed E-state index contributed by atoms with van der Waals surface area (Å²) in [5, 5.41) is 3.85. The van der Waals surface area contributed by atoms with Crippen LogP contribution in [0.3, 0.4) is 0 Å². The Morgan fingerprint density at radius 2 is 2.18 bits per heavy atom. The lowest BCUT2D eigenvalue weighted by Crippen LogP contribution is -2.32. The Kier molecular flexibility index (Phi) is 4.34. The predicted molar refractivity (Wildman–Crippen MR) is 91.5 cm³/mol. The molecule has 2 heterocycles. The van der Waals surface area contributed by atoms with E-state index >= 15 is 0 Å². The third kappa shape index (κ3) is 3.09. The van der Waals surface area contributed by atoms with Crippen LogP contribution in [0.25, 0.3) is 0 Å². The summed E-state index contributed by atoms with van der Waals surface area (Å²) in [6.07, 6.45) is 3.19. The van der Waals surface area contributed by atoms with Crippen LogP contribution in [0.4, 0.5) is 17.6 Å². The second kappa shape index (κ2) is 6.40. The van der Waals surface area contributed by atoms with E-state index in [1.807, 2.05) is 31.3 Å². The first-order valence-electron chi connectivity index (χ1n) is 7.49. The van der Waals surface area contributed by atoms with Crippen molar-refractivity contribution in [3.05, 3.63) is 40.9 Å². The molecule has 1 aromatic heterocycles. The van der Waals surface area contributed by atoms with Crippen LogP contribution in [0.1, 0.15) is 18.4 Å². The van der Waals surface area contributed by atoms with Crippen molar-refractivity contribution in [2.45, 2.75) is 25.3 Å². The van der Waals surface area contributed by atoms with E-state index in [2.05, 4.69) is 26.3 Å². The second-order valence-corrected chi connectivity index (χ2v) is 5.91. The number of nitrogens with one attached hydrogen (secondary N) is 1. The minimum atomic E-state index is 0.297. The van der Waals surface area contributed by atoms with Gasteiger partial charge >= 0.3 is 0 Å². The zero-order valence-electron chi connectivity index (χ0n) is 12.6. The molecular weight excluding hydrogens is 298 g/mol. The van der Waals surface area contributed by atoms with E-state index in [0.717, 1.165) is 42.5 Å². The monoisotopic (exact) mass is 317 g/mol. The summed E-state index contributed by atoms with van der Waals surface area (Å²) in [6, 6.07) is 10.4. The Morgan fingerprint density at radius 3 is 2.95 bits per heavy atom. The molecule has 2 aromatic rings. The summed E-state index contributed by atoms with van der Waals surface area (Å²) in [4.78, 5) is 10.9. The minimum absolute atomic E-state index is 0.297. The van der Waals surface area contributed by atoms with Gasteiger partial charge in [0, 0.05) is 30.7 Å². The molecule has 0 radical (unpaired) electrons. The molecule has 0 saturated carbocycles. The molecule has 0 aliphatic carbocycles. The largest absolute Gasteiger partial charge is 0.373 e. The molecule has 1 aliphatic heterocycles. The summed E-state index contributed by atoms with van der Waals surface area (Å²) < 4.78 is 0. The van der Waals surface area contributed by atoms with Crippen molar-refractivity contribution in [3.8, 4) is 0 Å². The van der Waals surface area contributed by atoms with Gasteiger partial charge in [0.15, 0.2) is 0 Å². The molecule has 3 rings (SSSR count). The second-order valence-electron chi connectivity index (χ2n) is 5.50. The van der Waals surface area contributed by atoms with Crippen molar-refractivity contribution in [1.29, 1.82) is 0 Å². The fourth-order valence-electron chi connectivity index (χ4n) is 3.00. The fraction of sp³-hybridized carbons (Fsp3) is 0.375. The highest BCUT2D eigenvalue weighted by Crippen LogP contribution is 2.29. The molecule has 22 heavy (non-hydrogen) atoms. The number of benzene rings is 1. The Bertz CT molecular complexity index is 661. The Hall–Kier alpha value is -2.01. The summed E-state index contributed by atoms with van der Waals surface area (Å²) in [6.45, 7) is 0.981. The summed E-state index contributed by atoms with van der Waals surface area (Å²) in [5.41, 5.74) is 6.99. The smallest absolute Gasteiger partial charge is 0.223 e. The first-order chi connectivity index (χ1) is 10.7. The van der Waals surface area contributed by atoms with Gasteiger partial charge in [-0.05, 0) is 30.9 Å². The van der Waals surface area contributed by atoms with E-state index in [9.17, 15) is 0 Å². The first kappa shape index (κ1) is 14.9. The standard InChI is InChI=1S/C16H20ClN5/c1-19-14-10-15(21-16(18)20-14)22-8-4-6-12(22)9-11-5-2-3-7-13(11)17/h2-3,5,7,10,12H,4,6,8-9H2,1H3,(H3,18,19,20,21). The van der Waals surface area contributed by atoms with Crippen molar-refractivity contribution < 1.29 is 0 Å². The third-order valence-electron chi connectivity index (χ3n) is 4.07. The summed E-state index contributed by atoms with van der Waals surface area (Å²) >= 11 is 6.30. The van der Waals surface area contributed by atoms with E-state index in [0.29, 0.717) is 12.0 Å². The minimum Gasteiger partial charge on any atom is -0.373 e. The average molecular weight is 318 g/mol. The normalized spacial score (nSPS) is 17.7. The number of halogens is 1. The van der Waals surface area contributed by atoms with E-state index in [1.165, 1.54) is 5.56 Å². The molecule has 0 spiro atoms. The number of rotatable bonds is 4. The van der Waals surface area contributed by atoms with Crippen molar-refractivity contribution in [2.75, 3.05) is 29.5 Å². The van der Waals surface area contributed by atoms with E-state index in [1.54, 1.807) is 0 Å². The Balaban J connectivity index is 1.84. The molecule has 6 heteroatoms. The van der Waals surface area contributed by atoms with Gasteiger partial charge in [-0.3, -0.25) is 0 Å². The maximum absolute atomic E-state index is 6.30. The van der Waals surface area contributed by atoms with Crippen LogP contribution < -0.4 is 16.0 Å². The number of anilines is 3. The van der Waals surface area contributed by atoms with Crippen molar-refractivity contribution in [2.24, 2.45) is 0 Å².